The number of nitrogens with one attached hydrogen (secondary N) is 1. The molecule has 1 aromatic carbocycles. The lowest BCUT2D eigenvalue weighted by molar-refractivity contribution is 0.0952. The molecule has 5 heteroatoms. The van der Waals surface area contributed by atoms with E-state index in [1.807, 2.05) is 12.1 Å². The Kier molecular flexibility index (Phi) is 6.68. The average Bonchev–Trinajstić information content (AvgIpc) is 2.55. The first-order valence-corrected chi connectivity index (χ1v) is 8.28. The van der Waals surface area contributed by atoms with E-state index < -0.39 is 0 Å². The van der Waals surface area contributed by atoms with E-state index in [2.05, 4.69) is 22.0 Å². The molecular weight excluding hydrogens is 276 g/mol. The highest BCUT2D eigenvalue weighted by atomic mass is 16.1. The van der Waals surface area contributed by atoms with Crippen LogP contribution in [-0.2, 0) is 0 Å². The number of carbonyl (C=O) groups is 1. The van der Waals surface area contributed by atoms with E-state index in [-0.39, 0.29) is 5.91 Å². The molecule has 1 aliphatic heterocycles. The molecule has 0 radical (unpaired) electrons. The second-order valence-corrected chi connectivity index (χ2v) is 5.83. The molecule has 0 unspecified atom stereocenters. The molecule has 1 amide bonds. The molecule has 5 nitrogen and oxygen atoms in total. The third-order valence-electron chi connectivity index (χ3n) is 4.30. The number of carbonyl (C=O) groups excluding carboxylic acids is 1. The van der Waals surface area contributed by atoms with Crippen molar-refractivity contribution in [3.63, 3.8) is 0 Å². The van der Waals surface area contributed by atoms with Crippen LogP contribution in [0.1, 0.15) is 30.1 Å². The summed E-state index contributed by atoms with van der Waals surface area (Å²) in [6.45, 7) is 9.91. The first kappa shape index (κ1) is 16.8. The van der Waals surface area contributed by atoms with Crippen molar-refractivity contribution in [2.24, 2.45) is 0 Å². The monoisotopic (exact) mass is 304 g/mol. The number of hydrogen-bond donors (Lipinski definition) is 2. The fourth-order valence-electron chi connectivity index (χ4n) is 2.79. The maximum Gasteiger partial charge on any atom is 0.253 e. The van der Waals surface area contributed by atoms with E-state index in [1.165, 1.54) is 26.2 Å². The van der Waals surface area contributed by atoms with E-state index in [0.29, 0.717) is 17.8 Å². The summed E-state index contributed by atoms with van der Waals surface area (Å²) in [6.07, 6.45) is 2.13. The van der Waals surface area contributed by atoms with Gasteiger partial charge in [-0.05, 0) is 38.1 Å². The molecule has 22 heavy (non-hydrogen) atoms. The second-order valence-electron chi connectivity index (χ2n) is 5.83. The number of benzene rings is 1. The van der Waals surface area contributed by atoms with Gasteiger partial charge in [-0.25, -0.2) is 0 Å². The van der Waals surface area contributed by atoms with Gasteiger partial charge in [0.05, 0.1) is 5.56 Å². The molecule has 1 aromatic rings. The minimum Gasteiger partial charge on any atom is -0.398 e. The van der Waals surface area contributed by atoms with Crippen molar-refractivity contribution in [2.45, 2.75) is 19.8 Å². The van der Waals surface area contributed by atoms with Crippen molar-refractivity contribution in [1.82, 2.24) is 15.1 Å². The van der Waals surface area contributed by atoms with Gasteiger partial charge in [-0.2, -0.15) is 0 Å². The Hall–Kier alpha value is -1.59. The number of piperazine rings is 1. The Labute approximate surface area is 133 Å². The van der Waals surface area contributed by atoms with E-state index in [4.69, 9.17) is 5.73 Å². The number of para-hydroxylation sites is 1. The normalized spacial score (nSPS) is 16.6. The number of hydrogen-bond acceptors (Lipinski definition) is 4. The average molecular weight is 304 g/mol. The van der Waals surface area contributed by atoms with Crippen molar-refractivity contribution in [3.8, 4) is 0 Å². The standard InChI is InChI=1S/C17H28N4O/c1-2-20-11-13-21(14-12-20)10-6-5-9-19-17(22)15-7-3-4-8-16(15)18/h3-4,7-8H,2,5-6,9-14,18H2,1H3,(H,19,22). The number of unbranched alkanes of at least 4 members (excludes halogenated alkanes) is 1. The minimum atomic E-state index is -0.0744. The van der Waals surface area contributed by atoms with Crippen LogP contribution >= 0.6 is 0 Å². The molecular formula is C17H28N4O. The third kappa shape index (κ3) is 5.00. The van der Waals surface area contributed by atoms with Gasteiger partial charge in [0, 0.05) is 38.4 Å². The number of nitrogen functional groups attached to an aromatic ring is 1. The molecule has 0 spiro atoms. The van der Waals surface area contributed by atoms with Crippen molar-refractivity contribution in [1.29, 1.82) is 0 Å². The zero-order valence-corrected chi connectivity index (χ0v) is 13.6. The van der Waals surface area contributed by atoms with Gasteiger partial charge in [-0.1, -0.05) is 19.1 Å². The number of amides is 1. The van der Waals surface area contributed by atoms with Crippen molar-refractivity contribution in [2.75, 3.05) is 51.5 Å². The highest BCUT2D eigenvalue weighted by Gasteiger charge is 2.14. The smallest absolute Gasteiger partial charge is 0.253 e. The predicted octanol–water partition coefficient (Wildman–Crippen LogP) is 1.42. The summed E-state index contributed by atoms with van der Waals surface area (Å²) in [5, 5.41) is 2.95. The Balaban J connectivity index is 1.58. The van der Waals surface area contributed by atoms with Crippen molar-refractivity contribution < 1.29 is 4.79 Å². The maximum atomic E-state index is 12.0. The predicted molar refractivity (Wildman–Crippen MR) is 91.0 cm³/mol. The van der Waals surface area contributed by atoms with Gasteiger partial charge in [-0.15, -0.1) is 0 Å². The molecule has 1 heterocycles. The zero-order chi connectivity index (χ0) is 15.8. The lowest BCUT2D eigenvalue weighted by Gasteiger charge is -2.33. The number of rotatable bonds is 7. The molecule has 0 aromatic heterocycles. The van der Waals surface area contributed by atoms with Crippen LogP contribution in [0.5, 0.6) is 0 Å². The summed E-state index contributed by atoms with van der Waals surface area (Å²) in [6, 6.07) is 7.19. The van der Waals surface area contributed by atoms with Crippen LogP contribution in [0.25, 0.3) is 0 Å². The van der Waals surface area contributed by atoms with Crippen LogP contribution < -0.4 is 11.1 Å². The molecule has 1 fully saturated rings. The molecule has 3 N–H and O–H groups in total. The van der Waals surface area contributed by atoms with Crippen LogP contribution in [0.3, 0.4) is 0 Å². The van der Waals surface area contributed by atoms with Crippen LogP contribution in [0.4, 0.5) is 5.69 Å². The minimum absolute atomic E-state index is 0.0744. The largest absolute Gasteiger partial charge is 0.398 e. The lowest BCUT2D eigenvalue weighted by atomic mass is 10.1. The summed E-state index contributed by atoms with van der Waals surface area (Å²) < 4.78 is 0. The summed E-state index contributed by atoms with van der Waals surface area (Å²) in [5.41, 5.74) is 6.90. The van der Waals surface area contributed by atoms with Crippen LogP contribution in [0.2, 0.25) is 0 Å². The fourth-order valence-corrected chi connectivity index (χ4v) is 2.79. The van der Waals surface area contributed by atoms with Crippen LogP contribution in [0.15, 0.2) is 24.3 Å². The van der Waals surface area contributed by atoms with E-state index in [1.54, 1.807) is 12.1 Å². The highest BCUT2D eigenvalue weighted by Crippen LogP contribution is 2.10. The summed E-state index contributed by atoms with van der Waals surface area (Å²) >= 11 is 0. The third-order valence-corrected chi connectivity index (χ3v) is 4.30. The molecule has 0 aliphatic carbocycles. The van der Waals surface area contributed by atoms with Crippen molar-refractivity contribution in [3.05, 3.63) is 29.8 Å². The Morgan fingerprint density at radius 3 is 2.50 bits per heavy atom. The topological polar surface area (TPSA) is 61.6 Å². The van der Waals surface area contributed by atoms with E-state index >= 15 is 0 Å². The molecule has 1 aliphatic rings. The van der Waals surface area contributed by atoms with Gasteiger partial charge in [0.2, 0.25) is 0 Å². The van der Waals surface area contributed by atoms with Gasteiger partial charge >= 0.3 is 0 Å². The quantitative estimate of drug-likeness (QED) is 0.591. The SMILES string of the molecule is CCN1CCN(CCCCNC(=O)c2ccccc2N)CC1. The van der Waals surface area contributed by atoms with E-state index in [0.717, 1.165) is 25.9 Å². The number of nitrogens with zero attached hydrogens (tertiary/aromatic N) is 2. The summed E-state index contributed by atoms with van der Waals surface area (Å²) in [4.78, 5) is 17.0. The molecule has 122 valence electrons. The molecule has 1 saturated heterocycles. The fraction of sp³-hybridized carbons (Fsp3) is 0.588. The van der Waals surface area contributed by atoms with Gasteiger partial charge in [0.25, 0.3) is 5.91 Å². The van der Waals surface area contributed by atoms with Gasteiger partial charge in [0.1, 0.15) is 0 Å². The van der Waals surface area contributed by atoms with Crippen molar-refractivity contribution >= 4 is 11.6 Å². The molecule has 0 saturated carbocycles. The maximum absolute atomic E-state index is 12.0. The zero-order valence-electron chi connectivity index (χ0n) is 13.6. The van der Waals surface area contributed by atoms with E-state index in [9.17, 15) is 4.79 Å². The summed E-state index contributed by atoms with van der Waals surface area (Å²) in [7, 11) is 0. The van der Waals surface area contributed by atoms with Gasteiger partial charge in [0.15, 0.2) is 0 Å². The first-order valence-electron chi connectivity index (χ1n) is 8.28. The number of anilines is 1. The summed E-state index contributed by atoms with van der Waals surface area (Å²) in [5.74, 6) is -0.0744. The van der Waals surface area contributed by atoms with Gasteiger partial charge < -0.3 is 20.9 Å². The second kappa shape index (κ2) is 8.76. The Bertz CT molecular complexity index is 469. The molecule has 2 rings (SSSR count). The van der Waals surface area contributed by atoms with Crippen LogP contribution in [0, 0.1) is 0 Å². The number of likely N-dealkylation sites (N-methyl/N-ethyl adjacent to an activating group) is 1. The Morgan fingerprint density at radius 2 is 1.82 bits per heavy atom. The number of nitrogens with two attached hydrogens (primary N) is 1. The molecule has 0 atom stereocenters. The van der Waals surface area contributed by atoms with Gasteiger partial charge in [-0.3, -0.25) is 4.79 Å². The lowest BCUT2D eigenvalue weighted by Crippen LogP contribution is -2.46. The van der Waals surface area contributed by atoms with Crippen LogP contribution in [-0.4, -0.2) is 61.5 Å². The highest BCUT2D eigenvalue weighted by molar-refractivity contribution is 5.98. The molecule has 0 bridgehead atoms. The Morgan fingerprint density at radius 1 is 1.14 bits per heavy atom. The first-order chi connectivity index (χ1) is 10.7.